The fourth-order valence-electron chi connectivity index (χ4n) is 8.38. The van der Waals surface area contributed by atoms with Gasteiger partial charge in [-0.1, -0.05) is 96.5 Å². The van der Waals surface area contributed by atoms with Gasteiger partial charge in [-0.25, -0.2) is 0 Å². The van der Waals surface area contributed by atoms with Gasteiger partial charge in [0.15, 0.2) is 0 Å². The summed E-state index contributed by atoms with van der Waals surface area (Å²) in [6.45, 7) is 9.01. The minimum Gasteiger partial charge on any atom is -0.455 e. The van der Waals surface area contributed by atoms with E-state index in [2.05, 4.69) is 13.2 Å². The Morgan fingerprint density at radius 1 is 1.02 bits per heavy atom. The highest BCUT2D eigenvalue weighted by Gasteiger charge is 2.76. The first-order valence-electron chi connectivity index (χ1n) is 18.0. The van der Waals surface area contributed by atoms with Crippen LogP contribution >= 0.6 is 11.6 Å². The van der Waals surface area contributed by atoms with Crippen LogP contribution in [0.2, 0.25) is 5.02 Å². The molecule has 0 radical (unpaired) electrons. The summed E-state index contributed by atoms with van der Waals surface area (Å²) in [4.78, 5) is 62.2. The lowest BCUT2D eigenvalue weighted by atomic mass is 9.70. The average Bonchev–Trinajstić information content (AvgIpc) is 3.83. The lowest BCUT2D eigenvalue weighted by molar-refractivity contribution is -0.165. The normalized spacial score (nSPS) is 24.5. The number of nitrogens with zero attached hydrogens (tertiary/aromatic N) is 3. The Hall–Kier alpha value is -4.77. The molecular weight excluding hydrogens is 694 g/mol. The summed E-state index contributed by atoms with van der Waals surface area (Å²) in [7, 11) is 1.68. The van der Waals surface area contributed by atoms with Gasteiger partial charge in [0.05, 0.1) is 47.3 Å². The molecule has 8 atom stereocenters. The average molecular weight is 740 g/mol. The number of likely N-dealkylation sites (tertiary alicyclic amines) is 1. The molecule has 2 bridgehead atoms. The fraction of sp³-hybridized carbons (Fsp3) is 0.381. The molecule has 3 fully saturated rings. The van der Waals surface area contributed by atoms with Gasteiger partial charge in [-0.15, -0.1) is 13.2 Å². The van der Waals surface area contributed by atoms with Crippen molar-refractivity contribution in [3.63, 3.8) is 0 Å². The van der Waals surface area contributed by atoms with Crippen LogP contribution in [-0.4, -0.2) is 82.6 Å². The number of para-hydroxylation sites is 1. The number of likely N-dealkylation sites (N-methyl/N-ethyl adjacent to an activating group) is 1. The van der Waals surface area contributed by atoms with Gasteiger partial charge in [0.1, 0.15) is 17.7 Å². The van der Waals surface area contributed by atoms with Crippen molar-refractivity contribution in [1.82, 2.24) is 9.80 Å². The molecule has 6 rings (SSSR count). The van der Waals surface area contributed by atoms with E-state index in [4.69, 9.17) is 21.1 Å². The molecule has 3 saturated heterocycles. The highest BCUT2D eigenvalue weighted by atomic mass is 35.5. The second-order valence-corrected chi connectivity index (χ2v) is 14.3. The van der Waals surface area contributed by atoms with E-state index in [1.165, 1.54) is 9.80 Å². The van der Waals surface area contributed by atoms with Crippen molar-refractivity contribution in [3.8, 4) is 0 Å². The Bertz CT molecular complexity index is 1840. The standard InChI is InChI=1S/C42H46ClN3O7/c1-5-7-22-34(48)44(4)27(3)37(29-18-12-9-13-19-29)52-41(51)35-33-23-24-42(53-33)36(35)39(49)46(32(26-47)28-16-10-8-11-17-28)38(42)40(50)45(25-6-2)31-21-15-14-20-30(31)43/h5-6,8-21,27,32-33,35-38,47H,1-2,7,22-26H2,3-4H3/t27-,32+,33+,35-,36-,37+,38+,42-/m0/s1. The summed E-state index contributed by atoms with van der Waals surface area (Å²) >= 11 is 6.63. The number of rotatable bonds is 15. The summed E-state index contributed by atoms with van der Waals surface area (Å²) in [5, 5.41) is 11.2. The summed E-state index contributed by atoms with van der Waals surface area (Å²) in [5.74, 6) is -3.83. The number of halogens is 1. The molecule has 0 aromatic heterocycles. The number of esters is 1. The van der Waals surface area contributed by atoms with Crippen molar-refractivity contribution >= 4 is 41.0 Å². The van der Waals surface area contributed by atoms with Crippen LogP contribution in [0.4, 0.5) is 5.69 Å². The molecule has 3 aliphatic heterocycles. The fourth-order valence-corrected chi connectivity index (χ4v) is 8.62. The molecule has 11 heteroatoms. The minimum atomic E-state index is -1.39. The number of carbonyl (C=O) groups excluding carboxylic acids is 4. The van der Waals surface area contributed by atoms with E-state index in [-0.39, 0.29) is 18.9 Å². The molecule has 3 amide bonds. The van der Waals surface area contributed by atoms with Crippen molar-refractivity contribution in [3.05, 3.63) is 126 Å². The molecule has 0 aliphatic carbocycles. The summed E-state index contributed by atoms with van der Waals surface area (Å²) in [5.41, 5.74) is 0.353. The molecule has 53 heavy (non-hydrogen) atoms. The second-order valence-electron chi connectivity index (χ2n) is 13.9. The third-order valence-corrected chi connectivity index (χ3v) is 11.4. The zero-order valence-electron chi connectivity index (χ0n) is 30.1. The van der Waals surface area contributed by atoms with Crippen molar-refractivity contribution in [2.24, 2.45) is 11.8 Å². The van der Waals surface area contributed by atoms with E-state index in [1.54, 1.807) is 72.6 Å². The maximum absolute atomic E-state index is 15.1. The third-order valence-electron chi connectivity index (χ3n) is 11.0. The van der Waals surface area contributed by atoms with Crippen LogP contribution < -0.4 is 4.90 Å². The molecule has 3 aliphatic rings. The quantitative estimate of drug-likeness (QED) is 0.149. The highest BCUT2D eigenvalue weighted by Crippen LogP contribution is 2.60. The number of hydrogen-bond donors (Lipinski definition) is 1. The van der Waals surface area contributed by atoms with E-state index in [0.29, 0.717) is 41.1 Å². The summed E-state index contributed by atoms with van der Waals surface area (Å²) in [6.07, 6.45) is 3.22. The zero-order chi connectivity index (χ0) is 37.9. The molecule has 10 nitrogen and oxygen atoms in total. The lowest BCUT2D eigenvalue weighted by Crippen LogP contribution is -2.57. The smallest absolute Gasteiger partial charge is 0.313 e. The lowest BCUT2D eigenvalue weighted by Gasteiger charge is -2.39. The SMILES string of the molecule is C=CCCC(=O)N(C)[C@@H](C)[C@@H](OC(=O)[C@@H]1[C@H]2C(=O)N([C@H](CO)c3ccccc3)[C@H](C(=O)N(CC=C)c3ccccc3Cl)[C@]23CC[C@H]1O3)c1ccccc1. The maximum Gasteiger partial charge on any atom is 0.313 e. The second kappa shape index (κ2) is 16.1. The summed E-state index contributed by atoms with van der Waals surface area (Å²) < 4.78 is 13.1. The number of fused-ring (bicyclic) bond motifs is 1. The van der Waals surface area contributed by atoms with E-state index < -0.39 is 72.2 Å². The Morgan fingerprint density at radius 2 is 1.66 bits per heavy atom. The molecule has 3 aromatic carbocycles. The first kappa shape index (κ1) is 38.0. The van der Waals surface area contributed by atoms with Gasteiger partial charge in [0, 0.05) is 20.0 Å². The Labute approximate surface area is 315 Å². The largest absolute Gasteiger partial charge is 0.455 e. The molecule has 0 unspecified atom stereocenters. The number of carbonyl (C=O) groups is 4. The van der Waals surface area contributed by atoms with Gasteiger partial charge in [-0.3, -0.25) is 19.2 Å². The molecule has 0 saturated carbocycles. The van der Waals surface area contributed by atoms with E-state index in [9.17, 15) is 19.5 Å². The predicted molar refractivity (Wildman–Crippen MR) is 202 cm³/mol. The molecular formula is C42H46ClN3O7. The van der Waals surface area contributed by atoms with Crippen LogP contribution in [0.5, 0.6) is 0 Å². The van der Waals surface area contributed by atoms with Gasteiger partial charge >= 0.3 is 5.97 Å². The molecule has 1 N–H and O–H groups in total. The van der Waals surface area contributed by atoms with Crippen LogP contribution in [0, 0.1) is 11.8 Å². The van der Waals surface area contributed by atoms with Crippen molar-refractivity contribution in [2.45, 2.75) is 68.5 Å². The zero-order valence-corrected chi connectivity index (χ0v) is 30.8. The van der Waals surface area contributed by atoms with Gasteiger partial charge in [0.2, 0.25) is 11.8 Å². The van der Waals surface area contributed by atoms with Crippen LogP contribution in [-0.2, 0) is 28.7 Å². The number of aliphatic hydroxyl groups is 1. The third kappa shape index (κ3) is 6.91. The van der Waals surface area contributed by atoms with Crippen LogP contribution in [0.1, 0.15) is 55.9 Å². The van der Waals surface area contributed by atoms with E-state index in [0.717, 1.165) is 0 Å². The van der Waals surface area contributed by atoms with Gasteiger partial charge in [-0.05, 0) is 49.4 Å². The van der Waals surface area contributed by atoms with Crippen LogP contribution in [0.25, 0.3) is 0 Å². The van der Waals surface area contributed by atoms with Crippen molar-refractivity contribution < 1.29 is 33.8 Å². The molecule has 1 spiro atoms. The Morgan fingerprint density at radius 3 is 2.28 bits per heavy atom. The van der Waals surface area contributed by atoms with E-state index in [1.807, 2.05) is 43.3 Å². The molecule has 3 heterocycles. The van der Waals surface area contributed by atoms with Crippen molar-refractivity contribution in [1.29, 1.82) is 0 Å². The first-order chi connectivity index (χ1) is 25.6. The number of aliphatic hydroxyl groups excluding tert-OH is 1. The summed E-state index contributed by atoms with van der Waals surface area (Å²) in [6, 6.07) is 22.4. The number of allylic oxidation sites excluding steroid dienone is 1. The number of anilines is 1. The van der Waals surface area contributed by atoms with Crippen LogP contribution in [0.3, 0.4) is 0 Å². The van der Waals surface area contributed by atoms with Gasteiger partial charge < -0.3 is 29.3 Å². The van der Waals surface area contributed by atoms with Gasteiger partial charge in [-0.2, -0.15) is 0 Å². The monoisotopic (exact) mass is 739 g/mol. The topological polar surface area (TPSA) is 117 Å². The van der Waals surface area contributed by atoms with E-state index >= 15 is 4.79 Å². The minimum absolute atomic E-state index is 0.0849. The predicted octanol–water partition coefficient (Wildman–Crippen LogP) is 6.06. The molecule has 3 aromatic rings. The Kier molecular flexibility index (Phi) is 11.5. The number of hydrogen-bond acceptors (Lipinski definition) is 7. The number of amides is 3. The number of benzene rings is 3. The van der Waals surface area contributed by atoms with Crippen LogP contribution in [0.15, 0.2) is 110 Å². The maximum atomic E-state index is 15.1. The Balaban J connectivity index is 1.40. The first-order valence-corrected chi connectivity index (χ1v) is 18.4. The van der Waals surface area contributed by atoms with Gasteiger partial charge in [0.25, 0.3) is 5.91 Å². The van der Waals surface area contributed by atoms with Crippen molar-refractivity contribution in [2.75, 3.05) is 25.1 Å². The highest BCUT2D eigenvalue weighted by molar-refractivity contribution is 6.34. The molecule has 278 valence electrons. The number of ether oxygens (including phenoxy) is 2.